The summed E-state index contributed by atoms with van der Waals surface area (Å²) in [6.45, 7) is 0. The van der Waals surface area contributed by atoms with Crippen LogP contribution in [0.3, 0.4) is 0 Å². The zero-order chi connectivity index (χ0) is 11.0. The molecule has 78 valence electrons. The summed E-state index contributed by atoms with van der Waals surface area (Å²) >= 11 is 3.52. The Balaban J connectivity index is 2.30. The molecule has 0 aliphatic carbocycles. The number of fused-ring (bicyclic) bond motifs is 1. The van der Waals surface area contributed by atoms with Gasteiger partial charge in [0.05, 0.1) is 5.52 Å². The summed E-state index contributed by atoms with van der Waals surface area (Å²) in [5.41, 5.74) is 1.81. The van der Waals surface area contributed by atoms with Gasteiger partial charge in [-0.05, 0) is 28.1 Å². The number of pyridine rings is 1. The first-order valence-electron chi connectivity index (χ1n) is 4.89. The lowest BCUT2D eigenvalue weighted by Gasteiger charge is -2.03. The third-order valence-corrected chi connectivity index (χ3v) is 3.00. The smallest absolute Gasteiger partial charge is 0.157 e. The first-order chi connectivity index (χ1) is 7.84. The predicted octanol–water partition coefficient (Wildman–Crippen LogP) is 3.39. The molecule has 2 heterocycles. The highest BCUT2D eigenvalue weighted by atomic mass is 79.9. The molecule has 0 aliphatic rings. The molecule has 1 aromatic carbocycles. The van der Waals surface area contributed by atoms with E-state index in [0.717, 1.165) is 26.9 Å². The van der Waals surface area contributed by atoms with E-state index < -0.39 is 0 Å². The maximum Gasteiger partial charge on any atom is 0.157 e. The van der Waals surface area contributed by atoms with E-state index in [9.17, 15) is 0 Å². The SMILES string of the molecule is Brc1cc2ccccc2nc1-c1ncc[nH]1. The van der Waals surface area contributed by atoms with Gasteiger partial charge in [0, 0.05) is 22.3 Å². The van der Waals surface area contributed by atoms with Crippen LogP contribution in [0.25, 0.3) is 22.4 Å². The van der Waals surface area contributed by atoms with Crippen LogP contribution in [0.5, 0.6) is 0 Å². The largest absolute Gasteiger partial charge is 0.343 e. The number of benzene rings is 1. The van der Waals surface area contributed by atoms with Crippen molar-refractivity contribution in [3.05, 3.63) is 47.2 Å². The Morgan fingerprint density at radius 3 is 2.88 bits per heavy atom. The Hall–Kier alpha value is -1.68. The molecule has 1 N–H and O–H groups in total. The van der Waals surface area contributed by atoms with Crippen LogP contribution in [0.1, 0.15) is 0 Å². The average molecular weight is 274 g/mol. The second-order valence-electron chi connectivity index (χ2n) is 3.45. The van der Waals surface area contributed by atoms with E-state index in [1.165, 1.54) is 0 Å². The number of aromatic nitrogens is 3. The first-order valence-corrected chi connectivity index (χ1v) is 5.69. The van der Waals surface area contributed by atoms with Crippen molar-refractivity contribution in [2.24, 2.45) is 0 Å². The van der Waals surface area contributed by atoms with E-state index in [0.29, 0.717) is 0 Å². The van der Waals surface area contributed by atoms with Crippen molar-refractivity contribution in [2.75, 3.05) is 0 Å². The molecule has 0 amide bonds. The standard InChI is InChI=1S/C12H8BrN3/c13-9-7-8-3-1-2-4-10(8)16-11(9)12-14-5-6-15-12/h1-7H,(H,14,15). The normalized spacial score (nSPS) is 10.8. The Bertz CT molecular complexity index is 632. The third-order valence-electron chi connectivity index (χ3n) is 2.40. The van der Waals surface area contributed by atoms with Gasteiger partial charge in [0.15, 0.2) is 5.82 Å². The summed E-state index contributed by atoms with van der Waals surface area (Å²) < 4.78 is 0.946. The molecule has 0 radical (unpaired) electrons. The van der Waals surface area contributed by atoms with Gasteiger partial charge in [-0.3, -0.25) is 0 Å². The molecule has 3 nitrogen and oxygen atoms in total. The molecule has 0 spiro atoms. The fourth-order valence-corrected chi connectivity index (χ4v) is 2.17. The van der Waals surface area contributed by atoms with Crippen molar-refractivity contribution in [1.82, 2.24) is 15.0 Å². The molecule has 0 saturated carbocycles. The van der Waals surface area contributed by atoms with E-state index in [1.54, 1.807) is 12.4 Å². The van der Waals surface area contributed by atoms with Crippen LogP contribution in [0.2, 0.25) is 0 Å². The third kappa shape index (κ3) is 1.51. The fraction of sp³-hybridized carbons (Fsp3) is 0. The number of nitrogens with zero attached hydrogens (tertiary/aromatic N) is 2. The number of rotatable bonds is 1. The lowest BCUT2D eigenvalue weighted by Crippen LogP contribution is -1.89. The maximum absolute atomic E-state index is 4.58. The average Bonchev–Trinajstić information content (AvgIpc) is 2.81. The zero-order valence-electron chi connectivity index (χ0n) is 8.31. The minimum atomic E-state index is 0.776. The van der Waals surface area contributed by atoms with Gasteiger partial charge in [-0.2, -0.15) is 0 Å². The summed E-state index contributed by atoms with van der Waals surface area (Å²) in [6.07, 6.45) is 3.51. The molecule has 0 unspecified atom stereocenters. The lowest BCUT2D eigenvalue weighted by molar-refractivity contribution is 1.24. The summed E-state index contributed by atoms with van der Waals surface area (Å²) in [4.78, 5) is 11.8. The first kappa shape index (κ1) is 9.54. The quantitative estimate of drug-likeness (QED) is 0.739. The van der Waals surface area contributed by atoms with Gasteiger partial charge >= 0.3 is 0 Å². The molecule has 2 aromatic heterocycles. The highest BCUT2D eigenvalue weighted by Crippen LogP contribution is 2.27. The second kappa shape index (κ2) is 3.72. The molecule has 0 atom stereocenters. The molecular weight excluding hydrogens is 266 g/mol. The Morgan fingerprint density at radius 1 is 1.19 bits per heavy atom. The molecule has 16 heavy (non-hydrogen) atoms. The van der Waals surface area contributed by atoms with Gasteiger partial charge in [0.25, 0.3) is 0 Å². The highest BCUT2D eigenvalue weighted by molar-refractivity contribution is 9.10. The summed E-state index contributed by atoms with van der Waals surface area (Å²) in [6, 6.07) is 10.1. The molecule has 0 saturated heterocycles. The number of aromatic amines is 1. The Labute approximate surface area is 101 Å². The fourth-order valence-electron chi connectivity index (χ4n) is 1.65. The van der Waals surface area contributed by atoms with Gasteiger partial charge in [-0.25, -0.2) is 9.97 Å². The molecule has 3 rings (SSSR count). The minimum absolute atomic E-state index is 0.776. The summed E-state index contributed by atoms with van der Waals surface area (Å²) in [5.74, 6) is 0.776. The Morgan fingerprint density at radius 2 is 2.06 bits per heavy atom. The van der Waals surface area contributed by atoms with Crippen LogP contribution < -0.4 is 0 Å². The Kier molecular flexibility index (Phi) is 2.22. The van der Waals surface area contributed by atoms with Gasteiger partial charge in [0.1, 0.15) is 5.69 Å². The summed E-state index contributed by atoms with van der Waals surface area (Å²) in [5, 5.41) is 1.12. The van der Waals surface area contributed by atoms with Crippen LogP contribution in [-0.4, -0.2) is 15.0 Å². The van der Waals surface area contributed by atoms with Crippen molar-refractivity contribution in [3.8, 4) is 11.5 Å². The number of para-hydroxylation sites is 1. The van der Waals surface area contributed by atoms with Crippen molar-refractivity contribution in [3.63, 3.8) is 0 Å². The van der Waals surface area contributed by atoms with Crippen molar-refractivity contribution < 1.29 is 0 Å². The van der Waals surface area contributed by atoms with Crippen LogP contribution in [0.4, 0.5) is 0 Å². The number of imidazole rings is 1. The number of hydrogen-bond donors (Lipinski definition) is 1. The number of nitrogens with one attached hydrogen (secondary N) is 1. The monoisotopic (exact) mass is 273 g/mol. The van der Waals surface area contributed by atoms with Crippen LogP contribution in [0.15, 0.2) is 47.2 Å². The minimum Gasteiger partial charge on any atom is -0.343 e. The molecule has 0 bridgehead atoms. The van der Waals surface area contributed by atoms with E-state index in [2.05, 4.69) is 36.9 Å². The van der Waals surface area contributed by atoms with Gasteiger partial charge < -0.3 is 4.98 Å². The predicted molar refractivity (Wildman–Crippen MR) is 67.0 cm³/mol. The molecular formula is C12H8BrN3. The maximum atomic E-state index is 4.58. The van der Waals surface area contributed by atoms with Gasteiger partial charge in [0.2, 0.25) is 0 Å². The van der Waals surface area contributed by atoms with Crippen molar-refractivity contribution in [1.29, 1.82) is 0 Å². The topological polar surface area (TPSA) is 41.6 Å². The van der Waals surface area contributed by atoms with Crippen molar-refractivity contribution >= 4 is 26.8 Å². The lowest BCUT2D eigenvalue weighted by atomic mass is 10.2. The van der Waals surface area contributed by atoms with Crippen LogP contribution in [-0.2, 0) is 0 Å². The number of halogens is 1. The highest BCUT2D eigenvalue weighted by Gasteiger charge is 2.08. The molecule has 3 aromatic rings. The second-order valence-corrected chi connectivity index (χ2v) is 4.30. The van der Waals surface area contributed by atoms with E-state index in [1.807, 2.05) is 24.3 Å². The number of H-pyrrole nitrogens is 1. The summed E-state index contributed by atoms with van der Waals surface area (Å²) in [7, 11) is 0. The van der Waals surface area contributed by atoms with E-state index >= 15 is 0 Å². The van der Waals surface area contributed by atoms with Gasteiger partial charge in [-0.15, -0.1) is 0 Å². The van der Waals surface area contributed by atoms with Crippen molar-refractivity contribution in [2.45, 2.75) is 0 Å². The number of hydrogen-bond acceptors (Lipinski definition) is 2. The van der Waals surface area contributed by atoms with E-state index in [-0.39, 0.29) is 0 Å². The van der Waals surface area contributed by atoms with Crippen LogP contribution in [0, 0.1) is 0 Å². The molecule has 0 fully saturated rings. The van der Waals surface area contributed by atoms with Crippen LogP contribution >= 0.6 is 15.9 Å². The molecule has 0 aliphatic heterocycles. The van der Waals surface area contributed by atoms with E-state index in [4.69, 9.17) is 0 Å². The zero-order valence-corrected chi connectivity index (χ0v) is 9.90. The van der Waals surface area contributed by atoms with Gasteiger partial charge in [-0.1, -0.05) is 18.2 Å². The molecule has 4 heteroatoms.